The first kappa shape index (κ1) is 10.5. The fourth-order valence-corrected chi connectivity index (χ4v) is 1.07. The van der Waals surface area contributed by atoms with Gasteiger partial charge in [0.2, 0.25) is 0 Å². The molecule has 76 valence electrons. The highest BCUT2D eigenvalue weighted by Crippen LogP contribution is 2.17. The van der Waals surface area contributed by atoms with Gasteiger partial charge in [-0.2, -0.15) is 0 Å². The Kier molecular flexibility index (Phi) is 3.48. The van der Waals surface area contributed by atoms with E-state index in [9.17, 15) is 4.79 Å². The van der Waals surface area contributed by atoms with Gasteiger partial charge in [-0.1, -0.05) is 0 Å². The van der Waals surface area contributed by atoms with Crippen LogP contribution in [-0.4, -0.2) is 20.2 Å². The first-order valence-electron chi connectivity index (χ1n) is 4.23. The number of ether oxygens (including phenoxy) is 1. The van der Waals surface area contributed by atoms with Crippen LogP contribution in [-0.2, 0) is 0 Å². The minimum atomic E-state index is -0.129. The van der Waals surface area contributed by atoms with Crippen LogP contribution >= 0.6 is 0 Å². The fraction of sp³-hybridized carbons (Fsp3) is 0.200. The van der Waals surface area contributed by atoms with Gasteiger partial charge >= 0.3 is 6.03 Å². The van der Waals surface area contributed by atoms with Crippen LogP contribution in [0.25, 0.3) is 0 Å². The average Bonchev–Trinajstić information content (AvgIpc) is 2.27. The molecule has 0 aromatic heterocycles. The van der Waals surface area contributed by atoms with E-state index in [0.29, 0.717) is 0 Å². The summed E-state index contributed by atoms with van der Waals surface area (Å²) in [6.45, 7) is 0. The maximum absolute atomic E-state index is 11.2. The van der Waals surface area contributed by atoms with Crippen molar-refractivity contribution in [1.82, 2.24) is 0 Å². The highest BCUT2D eigenvalue weighted by atomic mass is 16.5. The Morgan fingerprint density at radius 3 is 2.43 bits per heavy atom. The molecule has 0 fully saturated rings. The topological polar surface area (TPSA) is 46.2 Å². The number of primary amides is 1. The molecule has 0 aliphatic heterocycles. The predicted molar refractivity (Wildman–Crippen MR) is 54.1 cm³/mol. The third-order valence-electron chi connectivity index (χ3n) is 1.96. The smallest absolute Gasteiger partial charge is 0.393 e. The maximum atomic E-state index is 11.2. The van der Waals surface area contributed by atoms with E-state index in [2.05, 4.69) is 7.05 Å². The summed E-state index contributed by atoms with van der Waals surface area (Å²) in [6.07, 6.45) is 0. The lowest BCUT2D eigenvalue weighted by Gasteiger charge is -2.15. The zero-order chi connectivity index (χ0) is 10.6. The van der Waals surface area contributed by atoms with Gasteiger partial charge in [0, 0.05) is 12.7 Å². The third-order valence-corrected chi connectivity index (χ3v) is 1.96. The number of amides is 2. The molecule has 1 aromatic carbocycles. The first-order valence-corrected chi connectivity index (χ1v) is 4.23. The number of hydrogen-bond donors (Lipinski definition) is 1. The summed E-state index contributed by atoms with van der Waals surface area (Å²) in [5.41, 5.74) is 0.815. The van der Waals surface area contributed by atoms with Crippen molar-refractivity contribution in [1.29, 1.82) is 0 Å². The lowest BCUT2D eigenvalue weighted by Crippen LogP contribution is -2.84. The molecular formula is C10H14N2O2. The second-order valence-corrected chi connectivity index (χ2v) is 2.80. The van der Waals surface area contributed by atoms with Crippen LogP contribution in [0.15, 0.2) is 24.3 Å². The Morgan fingerprint density at radius 2 is 2.00 bits per heavy atom. The molecule has 0 saturated heterocycles. The first-order chi connectivity index (χ1) is 6.69. The summed E-state index contributed by atoms with van der Waals surface area (Å²) in [6, 6.07) is 7.13. The largest absolute Gasteiger partial charge is 0.497 e. The molecule has 0 aliphatic carbocycles. The van der Waals surface area contributed by atoms with Gasteiger partial charge in [0.1, 0.15) is 5.75 Å². The Morgan fingerprint density at radius 1 is 1.43 bits per heavy atom. The molecule has 4 heteroatoms. The lowest BCUT2D eigenvalue weighted by atomic mass is 10.3. The number of carbonyl (C=O) groups excluding carboxylic acids is 1. The lowest BCUT2D eigenvalue weighted by molar-refractivity contribution is -0.487. The van der Waals surface area contributed by atoms with Crippen molar-refractivity contribution in [2.24, 2.45) is 0 Å². The summed E-state index contributed by atoms with van der Waals surface area (Å²) in [4.78, 5) is 12.8. The molecule has 0 saturated carbocycles. The van der Waals surface area contributed by atoms with Gasteiger partial charge in [0.15, 0.2) is 0 Å². The van der Waals surface area contributed by atoms with Crippen molar-refractivity contribution >= 4 is 11.7 Å². The van der Waals surface area contributed by atoms with E-state index >= 15 is 0 Å². The molecule has 2 amide bonds. The highest BCUT2D eigenvalue weighted by Gasteiger charge is 2.09. The molecule has 2 N–H and O–H groups in total. The highest BCUT2D eigenvalue weighted by molar-refractivity contribution is 5.84. The SMILES string of the molecule is [CH2-][NH2+]C(=O)N(C)c1ccc(OC)cc1. The predicted octanol–water partition coefficient (Wildman–Crippen LogP) is 0.606. The Bertz CT molecular complexity index is 308. The van der Waals surface area contributed by atoms with Crippen molar-refractivity contribution in [3.05, 3.63) is 31.3 Å². The number of nitrogens with two attached hydrogens (primary N) is 1. The van der Waals surface area contributed by atoms with Crippen LogP contribution < -0.4 is 15.0 Å². The van der Waals surface area contributed by atoms with E-state index in [1.165, 1.54) is 10.2 Å². The molecule has 14 heavy (non-hydrogen) atoms. The van der Waals surface area contributed by atoms with Gasteiger partial charge in [0.05, 0.1) is 7.11 Å². The molecule has 4 nitrogen and oxygen atoms in total. The van der Waals surface area contributed by atoms with Crippen LogP contribution in [0.3, 0.4) is 0 Å². The van der Waals surface area contributed by atoms with Crippen LogP contribution in [0.2, 0.25) is 0 Å². The molecule has 1 aromatic rings. The van der Waals surface area contributed by atoms with E-state index in [4.69, 9.17) is 4.74 Å². The van der Waals surface area contributed by atoms with E-state index in [0.717, 1.165) is 11.4 Å². The number of nitrogens with zero attached hydrogens (tertiary/aromatic N) is 1. The number of quaternary nitrogens is 1. The van der Waals surface area contributed by atoms with Crippen molar-refractivity contribution in [2.75, 3.05) is 19.1 Å². The molecule has 1 rings (SSSR count). The van der Waals surface area contributed by atoms with Gasteiger partial charge in [-0.25, -0.2) is 4.79 Å². The summed E-state index contributed by atoms with van der Waals surface area (Å²) in [5.74, 6) is 0.771. The Labute approximate surface area is 83.5 Å². The number of benzene rings is 1. The second-order valence-electron chi connectivity index (χ2n) is 2.80. The number of anilines is 1. The summed E-state index contributed by atoms with van der Waals surface area (Å²) < 4.78 is 5.01. The number of urea groups is 1. The van der Waals surface area contributed by atoms with Gasteiger partial charge in [-0.3, -0.25) is 4.90 Å². The monoisotopic (exact) mass is 194 g/mol. The number of carbonyl (C=O) groups is 1. The van der Waals surface area contributed by atoms with Crippen LogP contribution in [0.5, 0.6) is 5.75 Å². The summed E-state index contributed by atoms with van der Waals surface area (Å²) >= 11 is 0. The molecular weight excluding hydrogens is 180 g/mol. The Balaban J connectivity index is 2.81. The summed E-state index contributed by atoms with van der Waals surface area (Å²) in [5, 5.41) is 1.28. The van der Waals surface area contributed by atoms with Crippen molar-refractivity contribution in [3.8, 4) is 5.75 Å². The van der Waals surface area contributed by atoms with Crippen LogP contribution in [0, 0.1) is 7.05 Å². The fourth-order valence-electron chi connectivity index (χ4n) is 1.07. The normalized spacial score (nSPS) is 9.64. The van der Waals surface area contributed by atoms with Crippen molar-refractivity contribution < 1.29 is 14.8 Å². The van der Waals surface area contributed by atoms with Crippen molar-refractivity contribution in [2.45, 2.75) is 0 Å². The van der Waals surface area contributed by atoms with Gasteiger partial charge < -0.3 is 10.1 Å². The van der Waals surface area contributed by atoms with Crippen molar-refractivity contribution in [3.63, 3.8) is 0 Å². The van der Waals surface area contributed by atoms with Gasteiger partial charge in [-0.05, 0) is 24.3 Å². The van der Waals surface area contributed by atoms with E-state index in [1.807, 2.05) is 24.3 Å². The molecule has 0 radical (unpaired) electrons. The van der Waals surface area contributed by atoms with Crippen LogP contribution in [0.1, 0.15) is 0 Å². The number of hydrogen-bond acceptors (Lipinski definition) is 2. The van der Waals surface area contributed by atoms with Gasteiger partial charge in [0.25, 0.3) is 0 Å². The average molecular weight is 194 g/mol. The third kappa shape index (κ3) is 2.23. The molecule has 0 spiro atoms. The zero-order valence-corrected chi connectivity index (χ0v) is 8.36. The quantitative estimate of drug-likeness (QED) is 0.701. The maximum Gasteiger partial charge on any atom is 0.393 e. The standard InChI is InChI=1S/C10H14N2O2/c1-11-10(13)12(2)8-4-6-9(14-3)7-5-8/h4-7H,1,11H2,2-3H3. The molecule has 0 aliphatic rings. The van der Waals surface area contributed by atoms with E-state index < -0.39 is 0 Å². The minimum Gasteiger partial charge on any atom is -0.497 e. The van der Waals surface area contributed by atoms with Gasteiger partial charge in [-0.15, -0.1) is 7.05 Å². The number of methoxy groups -OCH3 is 1. The zero-order valence-electron chi connectivity index (χ0n) is 8.36. The van der Waals surface area contributed by atoms with Crippen LogP contribution in [0.4, 0.5) is 10.5 Å². The summed E-state index contributed by atoms with van der Waals surface area (Å²) in [7, 11) is 6.73. The van der Waals surface area contributed by atoms with E-state index in [-0.39, 0.29) is 6.03 Å². The molecule has 0 unspecified atom stereocenters. The second kappa shape index (κ2) is 4.62. The molecule has 0 bridgehead atoms. The number of rotatable bonds is 2. The minimum absolute atomic E-state index is 0.129. The molecule has 0 atom stereocenters. The van der Waals surface area contributed by atoms with E-state index in [1.54, 1.807) is 14.2 Å². The Hall–Kier alpha value is -1.55. The molecule has 0 heterocycles.